The molecule has 0 spiro atoms. The molecule has 0 aromatic rings. The van der Waals surface area contributed by atoms with Crippen LogP contribution in [0.4, 0.5) is 0 Å². The minimum Gasteiger partial charge on any atom is -0.508 e. The number of carbonyl (C=O) groups excluding carboxylic acids is 3. The predicted octanol–water partition coefficient (Wildman–Crippen LogP) is 3.41. The van der Waals surface area contributed by atoms with Crippen LogP contribution in [0, 0.1) is 11.3 Å². The van der Waals surface area contributed by atoms with Gasteiger partial charge in [-0.25, -0.2) is 0 Å². The van der Waals surface area contributed by atoms with Crippen LogP contribution in [0.3, 0.4) is 0 Å². The van der Waals surface area contributed by atoms with Gasteiger partial charge in [0.05, 0.1) is 11.0 Å². The Bertz CT molecular complexity index is 1240. The zero-order chi connectivity index (χ0) is 27.3. The Labute approximate surface area is 210 Å². The van der Waals surface area contributed by atoms with Gasteiger partial charge in [-0.15, -0.1) is 0 Å². The molecule has 3 aliphatic rings. The fourth-order valence-corrected chi connectivity index (χ4v) is 5.54. The van der Waals surface area contributed by atoms with Crippen molar-refractivity contribution in [1.82, 2.24) is 0 Å². The highest BCUT2D eigenvalue weighted by atomic mass is 16.7. The van der Waals surface area contributed by atoms with Crippen LogP contribution in [0.1, 0.15) is 41.5 Å². The van der Waals surface area contributed by atoms with Crippen molar-refractivity contribution in [2.45, 2.75) is 58.5 Å². The van der Waals surface area contributed by atoms with Gasteiger partial charge >= 0.3 is 0 Å². The van der Waals surface area contributed by atoms with Crippen molar-refractivity contribution < 1.29 is 39.5 Å². The summed E-state index contributed by atoms with van der Waals surface area (Å²) in [5.74, 6) is -7.39. The Hall–Kier alpha value is -3.33. The Morgan fingerprint density at radius 2 is 1.53 bits per heavy atom. The number of Topliss-reactive ketones (excluding diaryl/α,β-unsaturated/α-hetero) is 2. The van der Waals surface area contributed by atoms with E-state index in [1.54, 1.807) is 38.2 Å². The summed E-state index contributed by atoms with van der Waals surface area (Å²) in [5, 5.41) is 45.2. The zero-order valence-electron chi connectivity index (χ0n) is 21.2. The molecule has 1 fully saturated rings. The molecule has 0 unspecified atom stereocenters. The number of aliphatic hydroxyl groups excluding tert-OH is 2. The summed E-state index contributed by atoms with van der Waals surface area (Å²) < 4.78 is 5.92. The van der Waals surface area contributed by atoms with Crippen molar-refractivity contribution in [1.29, 1.82) is 0 Å². The molecule has 0 aromatic carbocycles. The summed E-state index contributed by atoms with van der Waals surface area (Å²) in [7, 11) is 0. The molecule has 0 amide bonds. The summed E-state index contributed by atoms with van der Waals surface area (Å²) in [6, 6.07) is 0. The van der Waals surface area contributed by atoms with E-state index in [0.717, 1.165) is 13.0 Å². The lowest BCUT2D eigenvalue weighted by Crippen LogP contribution is -2.67. The maximum atomic E-state index is 13.4. The van der Waals surface area contributed by atoms with Crippen LogP contribution in [0.25, 0.3) is 0 Å². The molecule has 1 aliphatic heterocycles. The van der Waals surface area contributed by atoms with Gasteiger partial charge in [-0.2, -0.15) is 0 Å². The first-order chi connectivity index (χ1) is 16.7. The minimum absolute atomic E-state index is 0.119. The summed E-state index contributed by atoms with van der Waals surface area (Å²) in [5.41, 5.74) is -7.03. The van der Waals surface area contributed by atoms with Crippen molar-refractivity contribution in [2.24, 2.45) is 11.3 Å². The molecule has 0 radical (unpaired) electrons. The first-order valence-corrected chi connectivity index (χ1v) is 11.6. The van der Waals surface area contributed by atoms with E-state index in [1.807, 2.05) is 0 Å². The van der Waals surface area contributed by atoms with Crippen molar-refractivity contribution in [2.75, 3.05) is 0 Å². The monoisotopic (exact) mass is 496 g/mol. The summed E-state index contributed by atoms with van der Waals surface area (Å²) in [4.78, 5) is 39.7. The number of aliphatic hydroxyl groups is 4. The highest BCUT2D eigenvalue weighted by Crippen LogP contribution is 2.66. The average Bonchev–Trinajstić information content (AvgIpc) is 3.00. The Morgan fingerprint density at radius 3 is 2.08 bits per heavy atom. The van der Waals surface area contributed by atoms with Gasteiger partial charge in [0.15, 0.2) is 17.2 Å². The molecule has 2 aliphatic carbocycles. The number of hydrogen-bond acceptors (Lipinski definition) is 8. The Kier molecular flexibility index (Phi) is 6.78. The third-order valence-corrected chi connectivity index (χ3v) is 7.37. The van der Waals surface area contributed by atoms with Crippen LogP contribution >= 0.6 is 0 Å². The van der Waals surface area contributed by atoms with E-state index in [0.29, 0.717) is 0 Å². The van der Waals surface area contributed by atoms with Gasteiger partial charge in [0.25, 0.3) is 0 Å². The lowest BCUT2D eigenvalue weighted by Gasteiger charge is -2.49. The summed E-state index contributed by atoms with van der Waals surface area (Å²) in [6.07, 6.45) is 13.2. The molecule has 1 saturated heterocycles. The van der Waals surface area contributed by atoms with Crippen molar-refractivity contribution in [3.63, 3.8) is 0 Å². The molecular weight excluding hydrogens is 464 g/mol. The van der Waals surface area contributed by atoms with Gasteiger partial charge in [-0.3, -0.25) is 14.4 Å². The number of ketones is 3. The largest absolute Gasteiger partial charge is 0.508 e. The van der Waals surface area contributed by atoms with E-state index in [9.17, 15) is 34.8 Å². The number of allylic oxidation sites excluding steroid dienone is 9. The molecule has 192 valence electrons. The second kappa shape index (κ2) is 8.96. The van der Waals surface area contributed by atoms with Crippen molar-refractivity contribution >= 4 is 17.3 Å². The van der Waals surface area contributed by atoms with E-state index in [2.05, 4.69) is 0 Å². The quantitative estimate of drug-likeness (QED) is 0.196. The lowest BCUT2D eigenvalue weighted by atomic mass is 9.54. The zero-order valence-corrected chi connectivity index (χ0v) is 21.2. The number of carbonyl (C=O) groups is 3. The van der Waals surface area contributed by atoms with Gasteiger partial charge in [0.2, 0.25) is 11.6 Å². The van der Waals surface area contributed by atoms with E-state index in [4.69, 9.17) is 4.74 Å². The standard InChI is InChI=1S/C28H32O8/c1-7-9-11-13-18(29)17-15-25(4)22-20(19(30)14-12-10-8-2)21(31)16(3)23(32)26(22,5)36-28(25,35)27(6,34)24(17)33/h7-15,22,30-31,34-35H,1-6H3/b9-7+,10-8+,13-11+,14-12+,20-19?/t22-,25+,26+,27+,28-/m1/s1. The maximum absolute atomic E-state index is 13.4. The van der Waals surface area contributed by atoms with E-state index < -0.39 is 62.8 Å². The molecule has 0 bridgehead atoms. The Balaban J connectivity index is 2.40. The van der Waals surface area contributed by atoms with Crippen molar-refractivity contribution in [3.8, 4) is 0 Å². The third-order valence-electron chi connectivity index (χ3n) is 7.37. The molecule has 0 aromatic heterocycles. The summed E-state index contributed by atoms with van der Waals surface area (Å²) in [6.45, 7) is 8.66. The molecule has 1 heterocycles. The summed E-state index contributed by atoms with van der Waals surface area (Å²) >= 11 is 0. The SMILES string of the molecule is C/C=C/C=C/C(=O)C1=C[C@@]2(C)[C@H]3C(=C(O)/C=C/C=C/C)C(O)=C(C)C(=O)[C@@]3(C)O[C@@]2(O)[C@@](C)(O)C1=O. The van der Waals surface area contributed by atoms with Gasteiger partial charge in [0.1, 0.15) is 17.1 Å². The van der Waals surface area contributed by atoms with E-state index >= 15 is 0 Å². The van der Waals surface area contributed by atoms with Crippen LogP contribution in [0.2, 0.25) is 0 Å². The van der Waals surface area contributed by atoms with E-state index in [-0.39, 0.29) is 11.1 Å². The molecule has 4 N–H and O–H groups in total. The Morgan fingerprint density at radius 1 is 0.972 bits per heavy atom. The number of rotatable bonds is 5. The van der Waals surface area contributed by atoms with Crippen molar-refractivity contribution in [3.05, 3.63) is 82.9 Å². The second-order valence-corrected chi connectivity index (χ2v) is 9.76. The average molecular weight is 497 g/mol. The van der Waals surface area contributed by atoms with Gasteiger partial charge in [-0.1, -0.05) is 49.5 Å². The molecular formula is C28H32O8. The molecule has 0 saturated carbocycles. The third kappa shape index (κ3) is 3.51. The molecule has 3 rings (SSSR count). The van der Waals surface area contributed by atoms with Gasteiger partial charge < -0.3 is 25.2 Å². The smallest absolute Gasteiger partial charge is 0.213 e. The number of fused-ring (bicyclic) bond motifs is 3. The van der Waals surface area contributed by atoms with Crippen LogP contribution in [-0.2, 0) is 19.1 Å². The number of hydrogen-bond donors (Lipinski definition) is 4. The molecule has 8 nitrogen and oxygen atoms in total. The van der Waals surface area contributed by atoms with Crippen LogP contribution in [-0.4, -0.2) is 54.8 Å². The topological polar surface area (TPSA) is 141 Å². The minimum atomic E-state index is -2.69. The number of ether oxygens (including phenoxy) is 1. The highest BCUT2D eigenvalue weighted by Gasteiger charge is 2.79. The van der Waals surface area contributed by atoms with Crippen LogP contribution < -0.4 is 0 Å². The normalized spacial score (nSPS) is 38.4. The fraction of sp³-hybridized carbons (Fsp3) is 0.393. The highest BCUT2D eigenvalue weighted by molar-refractivity contribution is 6.27. The van der Waals surface area contributed by atoms with Gasteiger partial charge in [-0.05, 0) is 46.8 Å². The molecule has 36 heavy (non-hydrogen) atoms. The molecule has 8 heteroatoms. The second-order valence-electron chi connectivity index (χ2n) is 9.76. The molecule has 5 atom stereocenters. The fourth-order valence-electron chi connectivity index (χ4n) is 5.54. The lowest BCUT2D eigenvalue weighted by molar-refractivity contribution is -0.311. The van der Waals surface area contributed by atoms with Crippen LogP contribution in [0.5, 0.6) is 0 Å². The first-order valence-electron chi connectivity index (χ1n) is 11.6. The predicted molar refractivity (Wildman–Crippen MR) is 133 cm³/mol. The maximum Gasteiger partial charge on any atom is 0.213 e. The van der Waals surface area contributed by atoms with Gasteiger partial charge in [0, 0.05) is 17.1 Å². The van der Waals surface area contributed by atoms with E-state index in [1.165, 1.54) is 45.1 Å². The first kappa shape index (κ1) is 27.3. The van der Waals surface area contributed by atoms with Crippen LogP contribution in [0.15, 0.2) is 82.9 Å².